The first-order valence-electron chi connectivity index (χ1n) is 4.76. The Labute approximate surface area is 93.3 Å². The molecule has 0 rings (SSSR count). The molecule has 0 aromatic heterocycles. The molecular weight excluding hydrogens is 263 g/mol. The summed E-state index contributed by atoms with van der Waals surface area (Å²) in [5.41, 5.74) is 0. The largest absolute Gasteiger partial charge is 0.300 e. The molecule has 0 unspecified atom stereocenters. The van der Waals surface area contributed by atoms with Crippen molar-refractivity contribution < 1.29 is 4.79 Å². The average Bonchev–Trinajstić information content (AvgIpc) is 1.96. The minimum Gasteiger partial charge on any atom is -0.300 e. The van der Waals surface area contributed by atoms with Gasteiger partial charge in [-0.1, -0.05) is 39.0 Å². The molecule has 1 nitrogen and oxygen atoms in total. The van der Waals surface area contributed by atoms with Gasteiger partial charge in [-0.25, -0.2) is 0 Å². The fourth-order valence-corrected chi connectivity index (χ4v) is 1.15. The molecule has 0 aromatic carbocycles. The van der Waals surface area contributed by atoms with Crippen molar-refractivity contribution in [3.8, 4) is 0 Å². The van der Waals surface area contributed by atoms with Crippen LogP contribution >= 0.6 is 24.0 Å². The van der Waals surface area contributed by atoms with Crippen molar-refractivity contribution in [1.29, 1.82) is 0 Å². The maximum Gasteiger partial charge on any atom is 0.129 e. The summed E-state index contributed by atoms with van der Waals surface area (Å²) >= 11 is 0. The smallest absolute Gasteiger partial charge is 0.129 e. The quantitative estimate of drug-likeness (QED) is 0.511. The van der Waals surface area contributed by atoms with Crippen molar-refractivity contribution in [2.24, 2.45) is 0 Å². The van der Waals surface area contributed by atoms with Crippen LogP contribution in [-0.4, -0.2) is 5.78 Å². The molecule has 0 radical (unpaired) electrons. The summed E-state index contributed by atoms with van der Waals surface area (Å²) < 4.78 is 0. The first kappa shape index (κ1) is 14.9. The van der Waals surface area contributed by atoms with Gasteiger partial charge >= 0.3 is 0 Å². The lowest BCUT2D eigenvalue weighted by Gasteiger charge is -1.97. The molecule has 0 N–H and O–H groups in total. The standard InChI is InChI=1S/C10H20O.HI/c1-3-4-5-6-7-8-9-10(2)11;/h3-9H2,1-2H3;1H. The minimum absolute atomic E-state index is 0. The zero-order valence-corrected chi connectivity index (χ0v) is 10.6. The van der Waals surface area contributed by atoms with E-state index in [2.05, 4.69) is 6.92 Å². The molecule has 0 aliphatic heterocycles. The van der Waals surface area contributed by atoms with Crippen molar-refractivity contribution in [1.82, 2.24) is 0 Å². The van der Waals surface area contributed by atoms with Crippen LogP contribution in [0, 0.1) is 0 Å². The third kappa shape index (κ3) is 13.0. The summed E-state index contributed by atoms with van der Waals surface area (Å²) in [6.07, 6.45) is 8.41. The van der Waals surface area contributed by atoms with Gasteiger partial charge in [0.1, 0.15) is 5.78 Å². The van der Waals surface area contributed by atoms with Gasteiger partial charge in [-0.3, -0.25) is 0 Å². The van der Waals surface area contributed by atoms with Gasteiger partial charge in [-0.2, -0.15) is 0 Å². The molecule has 2 heteroatoms. The molecule has 12 heavy (non-hydrogen) atoms. The molecule has 0 spiro atoms. The second-order valence-electron chi connectivity index (χ2n) is 3.22. The Hall–Kier alpha value is 0.400. The molecule has 0 amide bonds. The van der Waals surface area contributed by atoms with Crippen molar-refractivity contribution >= 4 is 29.8 Å². The molecule has 0 aromatic rings. The van der Waals surface area contributed by atoms with Crippen molar-refractivity contribution in [2.75, 3.05) is 0 Å². The maximum atomic E-state index is 10.5. The van der Waals surface area contributed by atoms with Gasteiger partial charge in [-0.15, -0.1) is 24.0 Å². The maximum absolute atomic E-state index is 10.5. The lowest BCUT2D eigenvalue weighted by Crippen LogP contribution is -1.88. The first-order chi connectivity index (χ1) is 5.27. The van der Waals surface area contributed by atoms with Crippen LogP contribution in [0.25, 0.3) is 0 Å². The molecule has 0 saturated carbocycles. The van der Waals surface area contributed by atoms with E-state index in [1.807, 2.05) is 0 Å². The van der Waals surface area contributed by atoms with Gasteiger partial charge in [0.15, 0.2) is 0 Å². The van der Waals surface area contributed by atoms with E-state index in [1.54, 1.807) is 6.92 Å². The highest BCUT2D eigenvalue weighted by atomic mass is 127. The first-order valence-corrected chi connectivity index (χ1v) is 4.76. The number of unbranched alkanes of at least 4 members (excludes halogenated alkanes) is 5. The highest BCUT2D eigenvalue weighted by Crippen LogP contribution is 2.06. The van der Waals surface area contributed by atoms with Crippen LogP contribution in [-0.2, 0) is 4.79 Å². The molecule has 0 saturated heterocycles. The summed E-state index contributed by atoms with van der Waals surface area (Å²) in [6.45, 7) is 3.89. The monoisotopic (exact) mass is 284 g/mol. The second-order valence-corrected chi connectivity index (χ2v) is 3.22. The molecule has 0 fully saturated rings. The SMILES string of the molecule is CCCCCCCCC(C)=O.I. The van der Waals surface area contributed by atoms with Gasteiger partial charge in [-0.05, 0) is 13.3 Å². The average molecular weight is 284 g/mol. The van der Waals surface area contributed by atoms with Crippen molar-refractivity contribution in [3.63, 3.8) is 0 Å². The molecule has 0 atom stereocenters. The van der Waals surface area contributed by atoms with E-state index < -0.39 is 0 Å². The van der Waals surface area contributed by atoms with E-state index >= 15 is 0 Å². The predicted octanol–water partition coefficient (Wildman–Crippen LogP) is 3.94. The topological polar surface area (TPSA) is 17.1 Å². The Balaban J connectivity index is 0. The van der Waals surface area contributed by atoms with Crippen molar-refractivity contribution in [3.05, 3.63) is 0 Å². The predicted molar refractivity (Wildman–Crippen MR) is 64.1 cm³/mol. The van der Waals surface area contributed by atoms with E-state index in [4.69, 9.17) is 0 Å². The Kier molecular flexibility index (Phi) is 14.2. The van der Waals surface area contributed by atoms with Gasteiger partial charge in [0.05, 0.1) is 0 Å². The summed E-state index contributed by atoms with van der Waals surface area (Å²) in [5, 5.41) is 0. The van der Waals surface area contributed by atoms with Gasteiger partial charge in [0.25, 0.3) is 0 Å². The van der Waals surface area contributed by atoms with E-state index in [-0.39, 0.29) is 24.0 Å². The third-order valence-electron chi connectivity index (χ3n) is 1.88. The number of ketones is 1. The molecule has 0 bridgehead atoms. The number of carbonyl (C=O) groups is 1. The van der Waals surface area contributed by atoms with E-state index in [0.29, 0.717) is 5.78 Å². The highest BCUT2D eigenvalue weighted by Gasteiger charge is 1.92. The normalized spacial score (nSPS) is 9.17. The molecule has 74 valence electrons. The number of halogens is 1. The Bertz CT molecular complexity index is 102. The van der Waals surface area contributed by atoms with Crippen LogP contribution in [0.4, 0.5) is 0 Å². The number of hydrogen-bond acceptors (Lipinski definition) is 1. The zero-order chi connectivity index (χ0) is 8.53. The molecule has 0 aliphatic rings. The number of carbonyl (C=O) groups excluding carboxylic acids is 1. The number of rotatable bonds is 7. The molecule has 0 aliphatic carbocycles. The second kappa shape index (κ2) is 11.4. The number of hydrogen-bond donors (Lipinski definition) is 0. The van der Waals surface area contributed by atoms with Gasteiger partial charge < -0.3 is 4.79 Å². The summed E-state index contributed by atoms with van der Waals surface area (Å²) in [6, 6.07) is 0. The van der Waals surface area contributed by atoms with E-state index in [9.17, 15) is 4.79 Å². The van der Waals surface area contributed by atoms with Crippen LogP contribution in [0.1, 0.15) is 58.8 Å². The molecule has 0 heterocycles. The van der Waals surface area contributed by atoms with Crippen LogP contribution in [0.3, 0.4) is 0 Å². The van der Waals surface area contributed by atoms with Crippen molar-refractivity contribution in [2.45, 2.75) is 58.8 Å². The lowest BCUT2D eigenvalue weighted by molar-refractivity contribution is -0.117. The summed E-state index contributed by atoms with van der Waals surface area (Å²) in [5.74, 6) is 0.334. The summed E-state index contributed by atoms with van der Waals surface area (Å²) in [7, 11) is 0. The van der Waals surface area contributed by atoms with Crippen LogP contribution in [0.2, 0.25) is 0 Å². The highest BCUT2D eigenvalue weighted by molar-refractivity contribution is 14.0. The van der Waals surface area contributed by atoms with Crippen LogP contribution in [0.5, 0.6) is 0 Å². The van der Waals surface area contributed by atoms with Crippen LogP contribution in [0.15, 0.2) is 0 Å². The Morgan fingerprint density at radius 2 is 1.50 bits per heavy atom. The van der Waals surface area contributed by atoms with E-state index in [1.165, 1.54) is 32.1 Å². The zero-order valence-electron chi connectivity index (χ0n) is 8.27. The Morgan fingerprint density at radius 1 is 1.00 bits per heavy atom. The van der Waals surface area contributed by atoms with Gasteiger partial charge in [0, 0.05) is 6.42 Å². The van der Waals surface area contributed by atoms with E-state index in [0.717, 1.165) is 12.8 Å². The third-order valence-corrected chi connectivity index (χ3v) is 1.88. The Morgan fingerprint density at radius 3 is 2.00 bits per heavy atom. The molecular formula is C10H21IO. The fraction of sp³-hybridized carbons (Fsp3) is 0.900. The minimum atomic E-state index is 0. The van der Waals surface area contributed by atoms with Crippen LogP contribution < -0.4 is 0 Å². The lowest BCUT2D eigenvalue weighted by atomic mass is 10.1. The number of Topliss-reactive ketones (excluding diaryl/α,β-unsaturated/α-hetero) is 1. The van der Waals surface area contributed by atoms with Gasteiger partial charge in [0.2, 0.25) is 0 Å². The summed E-state index contributed by atoms with van der Waals surface area (Å²) in [4.78, 5) is 10.5. The fourth-order valence-electron chi connectivity index (χ4n) is 1.15.